The third kappa shape index (κ3) is 4.80. The SMILES string of the molecule is Cc1ccc2oc(C(=O)NCC(F)(F)CN)cc2n1.Cl.Cl. The average Bonchev–Trinajstić information content (AvgIpc) is 2.79. The molecule has 118 valence electrons. The van der Waals surface area contributed by atoms with Crippen molar-refractivity contribution in [2.45, 2.75) is 12.8 Å². The molecule has 0 bridgehead atoms. The van der Waals surface area contributed by atoms with Crippen molar-refractivity contribution in [2.75, 3.05) is 13.1 Å². The number of hydrogen-bond acceptors (Lipinski definition) is 4. The van der Waals surface area contributed by atoms with E-state index in [-0.39, 0.29) is 30.6 Å². The molecule has 5 nitrogen and oxygen atoms in total. The molecule has 0 saturated heterocycles. The Balaban J connectivity index is 0.00000200. The van der Waals surface area contributed by atoms with Crippen molar-refractivity contribution in [1.82, 2.24) is 10.3 Å². The van der Waals surface area contributed by atoms with Gasteiger partial charge in [0.25, 0.3) is 11.8 Å². The topological polar surface area (TPSA) is 81.2 Å². The molecule has 0 fully saturated rings. The van der Waals surface area contributed by atoms with Crippen LogP contribution in [0.25, 0.3) is 11.1 Å². The van der Waals surface area contributed by atoms with Gasteiger partial charge in [-0.05, 0) is 19.1 Å². The first-order valence-electron chi connectivity index (χ1n) is 5.64. The number of hydrogen-bond donors (Lipinski definition) is 2. The van der Waals surface area contributed by atoms with Gasteiger partial charge in [0, 0.05) is 11.8 Å². The van der Waals surface area contributed by atoms with E-state index in [0.717, 1.165) is 5.69 Å². The minimum Gasteiger partial charge on any atom is -0.449 e. The highest BCUT2D eigenvalue weighted by Crippen LogP contribution is 2.18. The number of nitrogens with two attached hydrogens (primary N) is 1. The highest BCUT2D eigenvalue weighted by Gasteiger charge is 2.28. The van der Waals surface area contributed by atoms with E-state index < -0.39 is 24.9 Å². The van der Waals surface area contributed by atoms with Crippen molar-refractivity contribution in [3.05, 3.63) is 29.7 Å². The zero-order chi connectivity index (χ0) is 14.0. The summed E-state index contributed by atoms with van der Waals surface area (Å²) in [6.45, 7) is 0.147. The van der Waals surface area contributed by atoms with E-state index in [1.165, 1.54) is 6.07 Å². The first-order valence-corrected chi connectivity index (χ1v) is 5.64. The third-order valence-corrected chi connectivity index (χ3v) is 2.54. The normalized spacial score (nSPS) is 10.7. The molecular weight excluding hydrogens is 327 g/mol. The van der Waals surface area contributed by atoms with Crippen LogP contribution in [0.1, 0.15) is 16.2 Å². The van der Waals surface area contributed by atoms with E-state index in [4.69, 9.17) is 10.2 Å². The minimum atomic E-state index is -3.13. The summed E-state index contributed by atoms with van der Waals surface area (Å²) in [7, 11) is 0. The van der Waals surface area contributed by atoms with Crippen molar-refractivity contribution < 1.29 is 18.0 Å². The van der Waals surface area contributed by atoms with Crippen molar-refractivity contribution in [3.8, 4) is 0 Å². The van der Waals surface area contributed by atoms with E-state index in [1.54, 1.807) is 19.1 Å². The van der Waals surface area contributed by atoms with Crippen LogP contribution in [0.4, 0.5) is 8.78 Å². The molecule has 0 aromatic carbocycles. The number of rotatable bonds is 4. The maximum atomic E-state index is 12.9. The van der Waals surface area contributed by atoms with Crippen LogP contribution >= 0.6 is 24.8 Å². The molecule has 0 aliphatic carbocycles. The predicted octanol–water partition coefficient (Wildman–Crippen LogP) is 2.30. The summed E-state index contributed by atoms with van der Waals surface area (Å²) in [6, 6.07) is 4.82. The van der Waals surface area contributed by atoms with Crippen molar-refractivity contribution in [1.29, 1.82) is 0 Å². The molecule has 1 amide bonds. The van der Waals surface area contributed by atoms with Crippen molar-refractivity contribution >= 4 is 41.8 Å². The van der Waals surface area contributed by atoms with E-state index >= 15 is 0 Å². The number of amides is 1. The number of nitrogens with one attached hydrogen (secondary N) is 1. The van der Waals surface area contributed by atoms with E-state index in [1.807, 2.05) is 0 Å². The molecule has 21 heavy (non-hydrogen) atoms. The Morgan fingerprint density at radius 2 is 2.10 bits per heavy atom. The maximum absolute atomic E-state index is 12.9. The van der Waals surface area contributed by atoms with Crippen molar-refractivity contribution in [2.24, 2.45) is 5.73 Å². The van der Waals surface area contributed by atoms with E-state index in [0.29, 0.717) is 11.1 Å². The quantitative estimate of drug-likeness (QED) is 0.893. The number of furan rings is 1. The summed E-state index contributed by atoms with van der Waals surface area (Å²) in [5, 5.41) is 2.08. The van der Waals surface area contributed by atoms with Crippen LogP contribution in [-0.2, 0) is 0 Å². The molecule has 0 unspecified atom stereocenters. The summed E-state index contributed by atoms with van der Waals surface area (Å²) < 4.78 is 31.0. The molecular formula is C12H15Cl2F2N3O2. The van der Waals surface area contributed by atoms with Gasteiger partial charge in [0.15, 0.2) is 11.3 Å². The summed E-state index contributed by atoms with van der Waals surface area (Å²) in [6.07, 6.45) is 0. The van der Waals surface area contributed by atoms with Crippen LogP contribution in [0.5, 0.6) is 0 Å². The van der Waals surface area contributed by atoms with Gasteiger partial charge in [-0.15, -0.1) is 24.8 Å². The number of fused-ring (bicyclic) bond motifs is 1. The zero-order valence-corrected chi connectivity index (χ0v) is 12.7. The highest BCUT2D eigenvalue weighted by molar-refractivity contribution is 5.95. The minimum absolute atomic E-state index is 0. The lowest BCUT2D eigenvalue weighted by atomic mass is 10.3. The Bertz CT molecular complexity index is 620. The molecule has 9 heteroatoms. The second kappa shape index (κ2) is 7.53. The largest absolute Gasteiger partial charge is 0.449 e. The van der Waals surface area contributed by atoms with Crippen LogP contribution in [0, 0.1) is 6.92 Å². The molecule has 3 N–H and O–H groups in total. The van der Waals surface area contributed by atoms with Gasteiger partial charge in [-0.25, -0.2) is 13.8 Å². The van der Waals surface area contributed by atoms with Gasteiger partial charge in [0.05, 0.1) is 13.1 Å². The fourth-order valence-electron chi connectivity index (χ4n) is 1.51. The lowest BCUT2D eigenvalue weighted by Crippen LogP contribution is -2.41. The van der Waals surface area contributed by atoms with Gasteiger partial charge in [0.2, 0.25) is 0 Å². The third-order valence-electron chi connectivity index (χ3n) is 2.54. The molecule has 0 radical (unpaired) electrons. The van der Waals surface area contributed by atoms with E-state index in [2.05, 4.69) is 10.3 Å². The van der Waals surface area contributed by atoms with Gasteiger partial charge < -0.3 is 15.5 Å². The second-order valence-electron chi connectivity index (χ2n) is 4.19. The average molecular weight is 342 g/mol. The molecule has 2 aromatic heterocycles. The lowest BCUT2D eigenvalue weighted by molar-refractivity contribution is 0.0116. The van der Waals surface area contributed by atoms with Gasteiger partial charge in [0.1, 0.15) is 5.52 Å². The summed E-state index contributed by atoms with van der Waals surface area (Å²) >= 11 is 0. The number of carbonyl (C=O) groups is 1. The number of pyridine rings is 1. The molecule has 2 rings (SSSR count). The molecule has 0 aliphatic heterocycles. The highest BCUT2D eigenvalue weighted by atomic mass is 35.5. The Hall–Kier alpha value is -1.44. The summed E-state index contributed by atoms with van der Waals surface area (Å²) in [4.78, 5) is 15.8. The number of halogens is 4. The first kappa shape index (κ1) is 19.6. The number of nitrogens with zero attached hydrogens (tertiary/aromatic N) is 1. The van der Waals surface area contributed by atoms with Gasteiger partial charge in [-0.1, -0.05) is 0 Å². The number of carbonyl (C=O) groups excluding carboxylic acids is 1. The van der Waals surface area contributed by atoms with Gasteiger partial charge in [-0.3, -0.25) is 4.79 Å². The van der Waals surface area contributed by atoms with Crippen LogP contribution in [-0.4, -0.2) is 29.9 Å². The molecule has 0 saturated carbocycles. The molecule has 0 aliphatic rings. The molecule has 2 aromatic rings. The van der Waals surface area contributed by atoms with Crippen LogP contribution < -0.4 is 11.1 Å². The number of alkyl halides is 2. The second-order valence-corrected chi connectivity index (χ2v) is 4.19. The van der Waals surface area contributed by atoms with Gasteiger partial charge >= 0.3 is 0 Å². The Morgan fingerprint density at radius 3 is 2.71 bits per heavy atom. The Kier molecular flexibility index (Phi) is 7.02. The Morgan fingerprint density at radius 1 is 1.43 bits per heavy atom. The first-order chi connectivity index (χ1) is 8.91. The monoisotopic (exact) mass is 341 g/mol. The molecule has 0 atom stereocenters. The molecule has 2 heterocycles. The smallest absolute Gasteiger partial charge is 0.287 e. The number of aryl methyl sites for hydroxylation is 1. The molecule has 0 spiro atoms. The van der Waals surface area contributed by atoms with Crippen LogP contribution in [0.15, 0.2) is 22.6 Å². The lowest BCUT2D eigenvalue weighted by Gasteiger charge is -2.13. The fraction of sp³-hybridized carbons (Fsp3) is 0.333. The van der Waals surface area contributed by atoms with Gasteiger partial charge in [-0.2, -0.15) is 0 Å². The number of aromatic nitrogens is 1. The standard InChI is InChI=1S/C12H13F2N3O2.2ClH/c1-7-2-3-9-8(17-7)4-10(19-9)11(18)16-6-12(13,14)5-15;;/h2-4H,5-6,15H2,1H3,(H,16,18);2*1H. The summed E-state index contributed by atoms with van der Waals surface area (Å²) in [5.74, 6) is -3.90. The predicted molar refractivity (Wildman–Crippen MR) is 79.6 cm³/mol. The van der Waals surface area contributed by atoms with Crippen LogP contribution in [0.3, 0.4) is 0 Å². The Labute approximate surface area is 132 Å². The van der Waals surface area contributed by atoms with Crippen LogP contribution in [0.2, 0.25) is 0 Å². The fourth-order valence-corrected chi connectivity index (χ4v) is 1.51. The maximum Gasteiger partial charge on any atom is 0.287 e. The zero-order valence-electron chi connectivity index (χ0n) is 11.1. The van der Waals surface area contributed by atoms with E-state index in [9.17, 15) is 13.6 Å². The summed E-state index contributed by atoms with van der Waals surface area (Å²) in [5.41, 5.74) is 6.59. The van der Waals surface area contributed by atoms with Crippen molar-refractivity contribution in [3.63, 3.8) is 0 Å².